The fourth-order valence-electron chi connectivity index (χ4n) is 3.34. The minimum Gasteiger partial charge on any atom is -0.355 e. The van der Waals surface area contributed by atoms with Gasteiger partial charge in [0.2, 0.25) is 0 Å². The topological polar surface area (TPSA) is 53.4 Å². The summed E-state index contributed by atoms with van der Waals surface area (Å²) in [6.45, 7) is 1.73. The molecule has 146 valence electrons. The lowest BCUT2D eigenvalue weighted by atomic mass is 10.1. The van der Waals surface area contributed by atoms with Gasteiger partial charge in [0, 0.05) is 12.3 Å². The van der Waals surface area contributed by atoms with Crippen molar-refractivity contribution in [2.75, 3.05) is 19.2 Å². The van der Waals surface area contributed by atoms with Gasteiger partial charge < -0.3 is 9.47 Å². The van der Waals surface area contributed by atoms with Crippen LogP contribution in [0.5, 0.6) is 0 Å². The highest BCUT2D eigenvalue weighted by Crippen LogP contribution is 2.22. The fourth-order valence-corrected chi connectivity index (χ4v) is 4.43. The molecule has 3 aromatic rings. The largest absolute Gasteiger partial charge is 0.355 e. The number of hydrogen-bond acceptors (Lipinski definition) is 5. The fraction of sp³-hybridized carbons (Fsp3) is 0.364. The number of benzene rings is 2. The molecule has 0 bridgehead atoms. The van der Waals surface area contributed by atoms with Crippen molar-refractivity contribution in [3.63, 3.8) is 0 Å². The molecule has 2 heterocycles. The van der Waals surface area contributed by atoms with E-state index in [1.807, 2.05) is 47.0 Å². The Balaban J connectivity index is 1.54. The van der Waals surface area contributed by atoms with Crippen molar-refractivity contribution in [3.05, 3.63) is 70.5 Å². The summed E-state index contributed by atoms with van der Waals surface area (Å²) in [5, 5.41) is 1.45. The first-order chi connectivity index (χ1) is 13.8. The number of fused-ring (bicyclic) bond motifs is 1. The van der Waals surface area contributed by atoms with E-state index in [2.05, 4.69) is 12.1 Å². The van der Waals surface area contributed by atoms with Crippen LogP contribution in [0.3, 0.4) is 0 Å². The smallest absolute Gasteiger partial charge is 0.262 e. The van der Waals surface area contributed by atoms with Crippen LogP contribution in [0.2, 0.25) is 0 Å². The molecule has 0 unspecified atom stereocenters. The van der Waals surface area contributed by atoms with Crippen LogP contribution in [0.1, 0.15) is 18.4 Å². The lowest BCUT2D eigenvalue weighted by Gasteiger charge is -2.22. The zero-order chi connectivity index (χ0) is 19.2. The molecule has 1 saturated heterocycles. The van der Waals surface area contributed by atoms with Gasteiger partial charge in [-0.05, 0) is 37.0 Å². The first kappa shape index (κ1) is 19.2. The minimum atomic E-state index is 0.0362. The molecule has 1 aliphatic rings. The Morgan fingerprint density at radius 2 is 1.93 bits per heavy atom. The van der Waals surface area contributed by atoms with E-state index in [1.54, 1.807) is 11.8 Å². The molecule has 0 amide bonds. The van der Waals surface area contributed by atoms with Gasteiger partial charge in [0.25, 0.3) is 5.56 Å². The van der Waals surface area contributed by atoms with Crippen molar-refractivity contribution in [1.82, 2.24) is 9.55 Å². The van der Waals surface area contributed by atoms with Crippen molar-refractivity contribution in [1.29, 1.82) is 0 Å². The quantitative estimate of drug-likeness (QED) is 0.448. The maximum atomic E-state index is 13.1. The van der Waals surface area contributed by atoms with Crippen LogP contribution < -0.4 is 5.56 Å². The maximum absolute atomic E-state index is 13.1. The van der Waals surface area contributed by atoms with Gasteiger partial charge in [0.1, 0.15) is 6.79 Å². The summed E-state index contributed by atoms with van der Waals surface area (Å²) in [6, 6.07) is 17.9. The summed E-state index contributed by atoms with van der Waals surface area (Å²) >= 11 is 1.60. The first-order valence-corrected chi connectivity index (χ1v) is 10.7. The molecule has 4 rings (SSSR count). The zero-order valence-electron chi connectivity index (χ0n) is 15.8. The van der Waals surface area contributed by atoms with E-state index in [9.17, 15) is 4.79 Å². The minimum absolute atomic E-state index is 0.0362. The first-order valence-electron chi connectivity index (χ1n) is 9.67. The Kier molecular flexibility index (Phi) is 6.41. The second-order valence-electron chi connectivity index (χ2n) is 6.87. The Hall–Kier alpha value is -2.15. The summed E-state index contributed by atoms with van der Waals surface area (Å²) in [7, 11) is 0. The molecule has 2 aromatic carbocycles. The van der Waals surface area contributed by atoms with Gasteiger partial charge >= 0.3 is 0 Å². The lowest BCUT2D eigenvalue weighted by molar-refractivity contribution is -0.130. The average molecular weight is 397 g/mol. The molecule has 5 nitrogen and oxygen atoms in total. The number of ether oxygens (including phenoxy) is 2. The highest BCUT2D eigenvalue weighted by atomic mass is 32.2. The third-order valence-electron chi connectivity index (χ3n) is 4.89. The molecule has 6 heteroatoms. The summed E-state index contributed by atoms with van der Waals surface area (Å²) in [5.41, 5.74) is 2.07. The Morgan fingerprint density at radius 1 is 1.11 bits per heavy atom. The molecule has 0 saturated carbocycles. The standard InChI is InChI=1S/C22H24N2O3S/c25-21-19-10-4-5-11-20(19)23-22(28-15-18-12-14-26-16-27-18)24(21)13-6-9-17-7-2-1-3-8-17/h1-5,7-8,10-11,18H,6,9,12-16H2/t18-/m1/s1. The summed E-state index contributed by atoms with van der Waals surface area (Å²) in [5.74, 6) is 0.771. The van der Waals surface area contributed by atoms with Crippen molar-refractivity contribution >= 4 is 22.7 Å². The van der Waals surface area contributed by atoms with Gasteiger partial charge in [0.05, 0.1) is 23.6 Å². The van der Waals surface area contributed by atoms with Crippen molar-refractivity contribution < 1.29 is 9.47 Å². The Labute approximate surface area is 168 Å². The second-order valence-corrected chi connectivity index (χ2v) is 7.86. The van der Waals surface area contributed by atoms with E-state index in [-0.39, 0.29) is 11.7 Å². The number of nitrogens with zero attached hydrogens (tertiary/aromatic N) is 2. The molecule has 1 fully saturated rings. The van der Waals surface area contributed by atoms with E-state index < -0.39 is 0 Å². The number of aromatic nitrogens is 2. The molecule has 0 aliphatic carbocycles. The molecule has 0 spiro atoms. The number of thioether (sulfide) groups is 1. The van der Waals surface area contributed by atoms with Gasteiger partial charge in [0.15, 0.2) is 5.16 Å². The monoisotopic (exact) mass is 396 g/mol. The van der Waals surface area contributed by atoms with Crippen LogP contribution in [-0.2, 0) is 22.4 Å². The molecule has 28 heavy (non-hydrogen) atoms. The lowest BCUT2D eigenvalue weighted by Crippen LogP contribution is -2.27. The average Bonchev–Trinajstić information content (AvgIpc) is 2.75. The molecular formula is C22H24N2O3S. The van der Waals surface area contributed by atoms with E-state index in [4.69, 9.17) is 14.5 Å². The molecule has 1 atom stereocenters. The number of rotatable bonds is 7. The molecular weight excluding hydrogens is 372 g/mol. The maximum Gasteiger partial charge on any atom is 0.262 e. The Bertz CT molecular complexity index is 968. The van der Waals surface area contributed by atoms with Crippen molar-refractivity contribution in [2.24, 2.45) is 0 Å². The molecule has 1 aromatic heterocycles. The van der Waals surface area contributed by atoms with Crippen LogP contribution in [-0.4, -0.2) is 34.8 Å². The predicted molar refractivity (Wildman–Crippen MR) is 112 cm³/mol. The van der Waals surface area contributed by atoms with Crippen LogP contribution in [0.15, 0.2) is 64.5 Å². The number of para-hydroxylation sites is 1. The van der Waals surface area contributed by atoms with E-state index >= 15 is 0 Å². The third-order valence-corrected chi connectivity index (χ3v) is 5.99. The van der Waals surface area contributed by atoms with Crippen molar-refractivity contribution in [3.8, 4) is 0 Å². The normalized spacial score (nSPS) is 17.1. The van der Waals surface area contributed by atoms with Gasteiger partial charge in [-0.25, -0.2) is 4.98 Å². The summed E-state index contributed by atoms with van der Waals surface area (Å²) in [6.07, 6.45) is 2.84. The predicted octanol–water partition coefficient (Wildman–Crippen LogP) is 3.88. The molecule has 1 aliphatic heterocycles. The highest BCUT2D eigenvalue weighted by molar-refractivity contribution is 7.99. The zero-order valence-corrected chi connectivity index (χ0v) is 16.6. The highest BCUT2D eigenvalue weighted by Gasteiger charge is 2.17. The van der Waals surface area contributed by atoms with E-state index in [0.29, 0.717) is 18.7 Å². The number of aryl methyl sites for hydroxylation is 1. The molecule has 0 radical (unpaired) electrons. The van der Waals surface area contributed by atoms with Gasteiger partial charge in [-0.1, -0.05) is 54.2 Å². The second kappa shape index (κ2) is 9.37. The van der Waals surface area contributed by atoms with Crippen molar-refractivity contribution in [2.45, 2.75) is 37.1 Å². The summed E-state index contributed by atoms with van der Waals surface area (Å²) in [4.78, 5) is 17.9. The van der Waals surface area contributed by atoms with Crippen LogP contribution >= 0.6 is 11.8 Å². The number of hydrogen-bond donors (Lipinski definition) is 0. The van der Waals surface area contributed by atoms with Crippen LogP contribution in [0.4, 0.5) is 0 Å². The SMILES string of the molecule is O=c1c2ccccc2nc(SC[C@H]2CCOCO2)n1CCCc1ccccc1. The van der Waals surface area contributed by atoms with E-state index in [1.165, 1.54) is 5.56 Å². The van der Waals surface area contributed by atoms with E-state index in [0.717, 1.165) is 42.3 Å². The van der Waals surface area contributed by atoms with Crippen LogP contribution in [0.25, 0.3) is 10.9 Å². The van der Waals surface area contributed by atoms with Gasteiger partial charge in [-0.2, -0.15) is 0 Å². The van der Waals surface area contributed by atoms with Crippen LogP contribution in [0, 0.1) is 0 Å². The Morgan fingerprint density at radius 3 is 2.75 bits per heavy atom. The van der Waals surface area contributed by atoms with Gasteiger partial charge in [-0.3, -0.25) is 9.36 Å². The third kappa shape index (κ3) is 4.63. The summed E-state index contributed by atoms with van der Waals surface area (Å²) < 4.78 is 12.7. The molecule has 0 N–H and O–H groups in total. The van der Waals surface area contributed by atoms with Gasteiger partial charge in [-0.15, -0.1) is 0 Å².